The third-order valence-corrected chi connectivity index (χ3v) is 2.04. The molecule has 1 N–H and O–H groups in total. The van der Waals surface area contributed by atoms with Gasteiger partial charge in [-0.2, -0.15) is 0 Å². The number of halogens is 2. The first kappa shape index (κ1) is 13.1. The van der Waals surface area contributed by atoms with E-state index in [1.807, 2.05) is 13.8 Å². The van der Waals surface area contributed by atoms with Crippen molar-refractivity contribution in [2.24, 2.45) is 0 Å². The molecule has 0 amide bonds. The lowest BCUT2D eigenvalue weighted by molar-refractivity contribution is 0.0807. The van der Waals surface area contributed by atoms with Crippen LogP contribution in [0.4, 0.5) is 8.78 Å². The highest BCUT2D eigenvalue weighted by atomic mass is 19.2. The van der Waals surface area contributed by atoms with E-state index in [9.17, 15) is 8.78 Å². The molecule has 0 aliphatic rings. The van der Waals surface area contributed by atoms with Crippen LogP contribution in [0, 0.1) is 11.6 Å². The molecule has 0 radical (unpaired) electrons. The van der Waals surface area contributed by atoms with Crippen molar-refractivity contribution in [2.75, 3.05) is 13.2 Å². The number of ether oxygens (including phenoxy) is 1. The molecule has 16 heavy (non-hydrogen) atoms. The lowest BCUT2D eigenvalue weighted by Gasteiger charge is -2.08. The van der Waals surface area contributed by atoms with E-state index < -0.39 is 11.6 Å². The third-order valence-electron chi connectivity index (χ3n) is 2.04. The van der Waals surface area contributed by atoms with Crippen molar-refractivity contribution in [2.45, 2.75) is 26.5 Å². The predicted octanol–water partition coefficient (Wildman–Crippen LogP) is 2.48. The summed E-state index contributed by atoms with van der Waals surface area (Å²) in [5.74, 6) is -1.62. The number of hydrogen-bond acceptors (Lipinski definition) is 2. The second-order valence-electron chi connectivity index (χ2n) is 3.84. The van der Waals surface area contributed by atoms with Crippen LogP contribution in [0.15, 0.2) is 18.2 Å². The molecule has 0 aromatic heterocycles. The fourth-order valence-corrected chi connectivity index (χ4v) is 1.25. The standard InChI is InChI=1S/C12H17F2NO/c1-9(2)16-6-5-15-8-10-3-4-11(13)12(14)7-10/h3-4,7,9,15H,5-6,8H2,1-2H3. The van der Waals surface area contributed by atoms with Gasteiger partial charge in [-0.3, -0.25) is 0 Å². The number of rotatable bonds is 6. The highest BCUT2D eigenvalue weighted by Gasteiger charge is 2.01. The Labute approximate surface area is 94.6 Å². The van der Waals surface area contributed by atoms with Crippen LogP contribution >= 0.6 is 0 Å². The molecule has 0 spiro atoms. The van der Waals surface area contributed by atoms with Gasteiger partial charge < -0.3 is 10.1 Å². The van der Waals surface area contributed by atoms with Crippen molar-refractivity contribution in [3.8, 4) is 0 Å². The molecule has 0 bridgehead atoms. The predicted molar refractivity (Wildman–Crippen MR) is 59.2 cm³/mol. The van der Waals surface area contributed by atoms with Crippen molar-refractivity contribution in [1.29, 1.82) is 0 Å². The van der Waals surface area contributed by atoms with Gasteiger partial charge >= 0.3 is 0 Å². The molecule has 0 unspecified atom stereocenters. The first-order valence-corrected chi connectivity index (χ1v) is 5.36. The average Bonchev–Trinajstić information content (AvgIpc) is 2.22. The van der Waals surface area contributed by atoms with E-state index in [0.717, 1.165) is 11.6 Å². The summed E-state index contributed by atoms with van der Waals surface area (Å²) in [7, 11) is 0. The molecule has 1 aromatic carbocycles. The van der Waals surface area contributed by atoms with Gasteiger partial charge in [-0.05, 0) is 31.5 Å². The minimum Gasteiger partial charge on any atom is -0.377 e. The molecular formula is C12H17F2NO. The van der Waals surface area contributed by atoms with Gasteiger partial charge in [0.05, 0.1) is 12.7 Å². The van der Waals surface area contributed by atoms with Crippen LogP contribution in [-0.4, -0.2) is 19.3 Å². The topological polar surface area (TPSA) is 21.3 Å². The second kappa shape index (κ2) is 6.55. The SMILES string of the molecule is CC(C)OCCNCc1ccc(F)c(F)c1. The molecule has 0 aliphatic heterocycles. The summed E-state index contributed by atoms with van der Waals surface area (Å²) < 4.78 is 30.8. The molecule has 1 rings (SSSR count). The van der Waals surface area contributed by atoms with Crippen LogP contribution in [0.5, 0.6) is 0 Å². The van der Waals surface area contributed by atoms with Crippen LogP contribution in [0.25, 0.3) is 0 Å². The zero-order chi connectivity index (χ0) is 12.0. The smallest absolute Gasteiger partial charge is 0.159 e. The maximum atomic E-state index is 12.8. The lowest BCUT2D eigenvalue weighted by atomic mass is 10.2. The summed E-state index contributed by atoms with van der Waals surface area (Å²) in [6.07, 6.45) is 0.213. The van der Waals surface area contributed by atoms with Crippen molar-refractivity contribution in [3.05, 3.63) is 35.4 Å². The zero-order valence-electron chi connectivity index (χ0n) is 9.59. The molecule has 1 aromatic rings. The summed E-state index contributed by atoms with van der Waals surface area (Å²) in [6, 6.07) is 3.90. The van der Waals surface area contributed by atoms with E-state index in [-0.39, 0.29) is 6.10 Å². The Kier molecular flexibility index (Phi) is 5.35. The molecule has 0 aliphatic carbocycles. The van der Waals surface area contributed by atoms with Crippen LogP contribution in [-0.2, 0) is 11.3 Å². The molecule has 0 fully saturated rings. The Hall–Kier alpha value is -1.00. The second-order valence-corrected chi connectivity index (χ2v) is 3.84. The van der Waals surface area contributed by atoms with Gasteiger partial charge in [0.25, 0.3) is 0 Å². The van der Waals surface area contributed by atoms with E-state index in [0.29, 0.717) is 19.7 Å². The summed E-state index contributed by atoms with van der Waals surface area (Å²) in [5.41, 5.74) is 0.725. The van der Waals surface area contributed by atoms with Crippen LogP contribution in [0.2, 0.25) is 0 Å². The molecule has 4 heteroatoms. The van der Waals surface area contributed by atoms with E-state index in [1.54, 1.807) is 6.07 Å². The van der Waals surface area contributed by atoms with Gasteiger partial charge in [0.2, 0.25) is 0 Å². The van der Waals surface area contributed by atoms with Crippen molar-refractivity contribution >= 4 is 0 Å². The van der Waals surface area contributed by atoms with E-state index >= 15 is 0 Å². The third kappa shape index (κ3) is 4.68. The van der Waals surface area contributed by atoms with Crippen LogP contribution < -0.4 is 5.32 Å². The largest absolute Gasteiger partial charge is 0.377 e. The average molecular weight is 229 g/mol. The monoisotopic (exact) mass is 229 g/mol. The summed E-state index contributed by atoms with van der Waals surface area (Å²) in [6.45, 7) is 5.75. The van der Waals surface area contributed by atoms with Gasteiger partial charge in [0.15, 0.2) is 11.6 Å². The van der Waals surface area contributed by atoms with Gasteiger partial charge in [-0.1, -0.05) is 6.07 Å². The Morgan fingerprint density at radius 3 is 2.62 bits per heavy atom. The van der Waals surface area contributed by atoms with Gasteiger partial charge in [-0.25, -0.2) is 8.78 Å². The van der Waals surface area contributed by atoms with Gasteiger partial charge in [0, 0.05) is 13.1 Å². The van der Waals surface area contributed by atoms with E-state index in [2.05, 4.69) is 5.32 Å². The Morgan fingerprint density at radius 1 is 1.25 bits per heavy atom. The van der Waals surface area contributed by atoms with Crippen molar-refractivity contribution < 1.29 is 13.5 Å². The highest BCUT2D eigenvalue weighted by molar-refractivity contribution is 5.17. The Bertz CT molecular complexity index is 329. The summed E-state index contributed by atoms with van der Waals surface area (Å²) in [4.78, 5) is 0. The fraction of sp³-hybridized carbons (Fsp3) is 0.500. The zero-order valence-corrected chi connectivity index (χ0v) is 9.59. The van der Waals surface area contributed by atoms with Gasteiger partial charge in [0.1, 0.15) is 0 Å². The number of nitrogens with one attached hydrogen (secondary N) is 1. The number of benzene rings is 1. The molecule has 0 atom stereocenters. The Morgan fingerprint density at radius 2 is 2.00 bits per heavy atom. The first-order chi connectivity index (χ1) is 7.59. The highest BCUT2D eigenvalue weighted by Crippen LogP contribution is 2.08. The van der Waals surface area contributed by atoms with Crippen LogP contribution in [0.3, 0.4) is 0 Å². The van der Waals surface area contributed by atoms with Crippen LogP contribution in [0.1, 0.15) is 19.4 Å². The normalized spacial score (nSPS) is 11.1. The van der Waals surface area contributed by atoms with E-state index in [4.69, 9.17) is 4.74 Å². The molecule has 90 valence electrons. The quantitative estimate of drug-likeness (QED) is 0.757. The Balaban J connectivity index is 2.24. The molecule has 0 saturated carbocycles. The summed E-state index contributed by atoms with van der Waals surface area (Å²) >= 11 is 0. The number of hydrogen-bond donors (Lipinski definition) is 1. The van der Waals surface area contributed by atoms with Gasteiger partial charge in [-0.15, -0.1) is 0 Å². The van der Waals surface area contributed by atoms with Crippen molar-refractivity contribution in [3.63, 3.8) is 0 Å². The molecule has 0 heterocycles. The first-order valence-electron chi connectivity index (χ1n) is 5.36. The molecule has 0 saturated heterocycles. The molecular weight excluding hydrogens is 212 g/mol. The minimum atomic E-state index is -0.813. The summed E-state index contributed by atoms with van der Waals surface area (Å²) in [5, 5.41) is 3.09. The van der Waals surface area contributed by atoms with Crippen molar-refractivity contribution in [1.82, 2.24) is 5.32 Å². The fourth-order valence-electron chi connectivity index (χ4n) is 1.25. The lowest BCUT2D eigenvalue weighted by Crippen LogP contribution is -2.21. The maximum absolute atomic E-state index is 12.8. The molecule has 2 nitrogen and oxygen atoms in total. The van der Waals surface area contributed by atoms with E-state index in [1.165, 1.54) is 6.07 Å². The maximum Gasteiger partial charge on any atom is 0.159 e. The minimum absolute atomic E-state index is 0.213.